The Morgan fingerprint density at radius 1 is 0.867 bits per heavy atom. The summed E-state index contributed by atoms with van der Waals surface area (Å²) in [6, 6.07) is 15.5. The fourth-order valence-corrected chi connectivity index (χ4v) is 4.86. The average Bonchev–Trinajstić information content (AvgIpc) is 2.81. The molecule has 0 bridgehead atoms. The summed E-state index contributed by atoms with van der Waals surface area (Å²) < 4.78 is 25.3. The van der Waals surface area contributed by atoms with E-state index in [0.717, 1.165) is 43.6 Å². The van der Waals surface area contributed by atoms with Crippen molar-refractivity contribution < 1.29 is 13.9 Å². The van der Waals surface area contributed by atoms with E-state index in [2.05, 4.69) is 30.8 Å². The molecule has 0 atom stereocenters. The van der Waals surface area contributed by atoms with Gasteiger partial charge in [0.25, 0.3) is 0 Å². The van der Waals surface area contributed by atoms with E-state index < -0.39 is 0 Å². The maximum atomic E-state index is 13.1. The standard InChI is InChI=1S/C27H33FO2/c1-2-3-4-5-20-18-29-27(30-19-20)25-12-10-23(11-13-25)21-6-8-22(9-7-21)24-14-16-26(28)17-15-24/h2,6-9,14-17,20,23,25,27H,1,3-5,10-13,18-19H2/t20-,23-,25-,27-. The number of benzene rings is 2. The molecule has 0 unspecified atom stereocenters. The summed E-state index contributed by atoms with van der Waals surface area (Å²) in [6.45, 7) is 5.47. The molecule has 0 aromatic heterocycles. The van der Waals surface area contributed by atoms with Crippen molar-refractivity contribution in [2.75, 3.05) is 13.2 Å². The summed E-state index contributed by atoms with van der Waals surface area (Å²) >= 11 is 0. The van der Waals surface area contributed by atoms with Crippen molar-refractivity contribution in [2.45, 2.75) is 57.2 Å². The summed E-state index contributed by atoms with van der Waals surface area (Å²) in [4.78, 5) is 0. The topological polar surface area (TPSA) is 18.5 Å². The monoisotopic (exact) mass is 408 g/mol. The smallest absolute Gasteiger partial charge is 0.160 e. The summed E-state index contributed by atoms with van der Waals surface area (Å²) in [6.07, 6.45) is 10.1. The van der Waals surface area contributed by atoms with Crippen LogP contribution in [0.3, 0.4) is 0 Å². The minimum absolute atomic E-state index is 0.0116. The second-order valence-electron chi connectivity index (χ2n) is 8.86. The largest absolute Gasteiger partial charge is 0.352 e. The van der Waals surface area contributed by atoms with E-state index in [9.17, 15) is 4.39 Å². The first-order chi connectivity index (χ1) is 14.7. The molecule has 2 aliphatic rings. The van der Waals surface area contributed by atoms with E-state index in [1.165, 1.54) is 43.4 Å². The minimum Gasteiger partial charge on any atom is -0.352 e. The van der Waals surface area contributed by atoms with Crippen molar-refractivity contribution in [1.29, 1.82) is 0 Å². The molecular formula is C27H33FO2. The predicted octanol–water partition coefficient (Wildman–Crippen LogP) is 7.11. The van der Waals surface area contributed by atoms with E-state index in [1.807, 2.05) is 18.2 Å². The predicted molar refractivity (Wildman–Crippen MR) is 120 cm³/mol. The molecule has 1 saturated heterocycles. The maximum absolute atomic E-state index is 13.1. The molecular weight excluding hydrogens is 375 g/mol. The minimum atomic E-state index is -0.193. The van der Waals surface area contributed by atoms with Gasteiger partial charge in [-0.2, -0.15) is 0 Å². The third kappa shape index (κ3) is 5.39. The highest BCUT2D eigenvalue weighted by molar-refractivity contribution is 5.63. The molecule has 1 heterocycles. The van der Waals surface area contributed by atoms with Crippen molar-refractivity contribution in [3.8, 4) is 11.1 Å². The Bertz CT molecular complexity index is 783. The van der Waals surface area contributed by atoms with Crippen molar-refractivity contribution in [3.05, 3.63) is 72.6 Å². The Morgan fingerprint density at radius 2 is 1.47 bits per heavy atom. The Morgan fingerprint density at radius 3 is 2.07 bits per heavy atom. The summed E-state index contributed by atoms with van der Waals surface area (Å²) in [7, 11) is 0. The number of hydrogen-bond donors (Lipinski definition) is 0. The highest BCUT2D eigenvalue weighted by Crippen LogP contribution is 2.39. The van der Waals surface area contributed by atoms with E-state index >= 15 is 0 Å². The SMILES string of the molecule is C=CCCC[C@H]1CO[C@H]([C@H]2CC[C@H](c3ccc(-c4ccc(F)cc4)cc3)CC2)OC1. The maximum Gasteiger partial charge on any atom is 0.160 e. The van der Waals surface area contributed by atoms with Gasteiger partial charge in [-0.3, -0.25) is 0 Å². The van der Waals surface area contributed by atoms with Crippen molar-refractivity contribution >= 4 is 0 Å². The van der Waals surface area contributed by atoms with Crippen LogP contribution in [0.1, 0.15) is 56.4 Å². The van der Waals surface area contributed by atoms with Gasteiger partial charge >= 0.3 is 0 Å². The number of halogens is 1. The van der Waals surface area contributed by atoms with Gasteiger partial charge in [-0.15, -0.1) is 6.58 Å². The first-order valence-corrected chi connectivity index (χ1v) is 11.4. The lowest BCUT2D eigenvalue weighted by atomic mass is 9.78. The molecule has 2 fully saturated rings. The number of ether oxygens (including phenoxy) is 2. The van der Waals surface area contributed by atoms with Gasteiger partial charge in [0.1, 0.15) is 5.82 Å². The molecule has 0 spiro atoms. The summed E-state index contributed by atoms with van der Waals surface area (Å²) in [5, 5.41) is 0. The third-order valence-corrected chi connectivity index (χ3v) is 6.73. The van der Waals surface area contributed by atoms with Crippen LogP contribution in [0, 0.1) is 17.7 Å². The van der Waals surface area contributed by atoms with Gasteiger partial charge in [-0.1, -0.05) is 42.5 Å². The molecule has 1 saturated carbocycles. The zero-order valence-electron chi connectivity index (χ0n) is 17.8. The quantitative estimate of drug-likeness (QED) is 0.359. The van der Waals surface area contributed by atoms with Crippen LogP contribution >= 0.6 is 0 Å². The van der Waals surface area contributed by atoms with Gasteiger partial charge < -0.3 is 9.47 Å². The van der Waals surface area contributed by atoms with Crippen molar-refractivity contribution in [1.82, 2.24) is 0 Å². The van der Waals surface area contributed by atoms with Gasteiger partial charge in [0.2, 0.25) is 0 Å². The number of unbranched alkanes of at least 4 members (excludes halogenated alkanes) is 1. The molecule has 160 valence electrons. The number of rotatable bonds is 7. The molecule has 0 radical (unpaired) electrons. The Labute approximate surface area is 180 Å². The second-order valence-corrected chi connectivity index (χ2v) is 8.86. The van der Waals surface area contributed by atoms with Crippen LogP contribution < -0.4 is 0 Å². The van der Waals surface area contributed by atoms with Crippen molar-refractivity contribution in [3.63, 3.8) is 0 Å². The first-order valence-electron chi connectivity index (χ1n) is 11.4. The molecule has 2 aromatic rings. The van der Waals surface area contributed by atoms with Crippen LogP contribution in [0.15, 0.2) is 61.2 Å². The molecule has 30 heavy (non-hydrogen) atoms. The normalized spacial score (nSPS) is 27.0. The van der Waals surface area contributed by atoms with Crippen LogP contribution in [-0.4, -0.2) is 19.5 Å². The Balaban J connectivity index is 1.25. The van der Waals surface area contributed by atoms with Crippen LogP contribution in [0.4, 0.5) is 4.39 Å². The Kier molecular flexibility index (Phi) is 7.35. The molecule has 1 aliphatic heterocycles. The van der Waals surface area contributed by atoms with Crippen LogP contribution in [0.5, 0.6) is 0 Å². The molecule has 1 aliphatic carbocycles. The fourth-order valence-electron chi connectivity index (χ4n) is 4.86. The van der Waals surface area contributed by atoms with Crippen LogP contribution in [0.2, 0.25) is 0 Å². The molecule has 3 heteroatoms. The zero-order chi connectivity index (χ0) is 20.8. The summed E-state index contributed by atoms with van der Waals surface area (Å²) in [5.41, 5.74) is 3.60. The van der Waals surface area contributed by atoms with E-state index in [0.29, 0.717) is 17.8 Å². The van der Waals surface area contributed by atoms with Crippen molar-refractivity contribution in [2.24, 2.45) is 11.8 Å². The first kappa shape index (κ1) is 21.3. The van der Waals surface area contributed by atoms with Crippen LogP contribution in [0.25, 0.3) is 11.1 Å². The lowest BCUT2D eigenvalue weighted by Gasteiger charge is -2.37. The molecule has 0 amide bonds. The summed E-state index contributed by atoms with van der Waals surface area (Å²) in [5.74, 6) is 1.48. The second kappa shape index (κ2) is 10.4. The van der Waals surface area contributed by atoms with Gasteiger partial charge in [0.05, 0.1) is 13.2 Å². The van der Waals surface area contributed by atoms with Crippen LogP contribution in [-0.2, 0) is 9.47 Å². The van der Waals surface area contributed by atoms with E-state index in [-0.39, 0.29) is 12.1 Å². The zero-order valence-corrected chi connectivity index (χ0v) is 17.8. The van der Waals surface area contributed by atoms with Gasteiger partial charge in [-0.25, -0.2) is 4.39 Å². The molecule has 2 aromatic carbocycles. The third-order valence-electron chi connectivity index (χ3n) is 6.73. The van der Waals surface area contributed by atoms with E-state index in [4.69, 9.17) is 9.47 Å². The lowest BCUT2D eigenvalue weighted by Crippen LogP contribution is -2.38. The molecule has 4 rings (SSSR count). The highest BCUT2D eigenvalue weighted by atomic mass is 19.1. The molecule has 0 N–H and O–H groups in total. The van der Waals surface area contributed by atoms with Gasteiger partial charge in [0, 0.05) is 11.8 Å². The molecule has 2 nitrogen and oxygen atoms in total. The fraction of sp³-hybridized carbons (Fsp3) is 0.481. The average molecular weight is 409 g/mol. The number of hydrogen-bond acceptors (Lipinski definition) is 2. The Hall–Kier alpha value is -1.97. The highest BCUT2D eigenvalue weighted by Gasteiger charge is 2.32. The van der Waals surface area contributed by atoms with Gasteiger partial charge in [0.15, 0.2) is 6.29 Å². The lowest BCUT2D eigenvalue weighted by molar-refractivity contribution is -0.229. The van der Waals surface area contributed by atoms with E-state index in [1.54, 1.807) is 0 Å². The number of allylic oxidation sites excluding steroid dienone is 1. The van der Waals surface area contributed by atoms with Gasteiger partial charge in [-0.05, 0) is 79.7 Å².